The van der Waals surface area contributed by atoms with Crippen LogP contribution in [0.3, 0.4) is 0 Å². The molecule has 3 rings (SSSR count). The molecule has 0 aliphatic heterocycles. The molecule has 0 fully saturated rings. The van der Waals surface area contributed by atoms with E-state index in [2.05, 4.69) is 21.2 Å². The number of carbonyl (C=O) groups excluding carboxylic acids is 1. The summed E-state index contributed by atoms with van der Waals surface area (Å²) in [6.45, 7) is 1.82. The molecule has 1 atom stereocenters. The highest BCUT2D eigenvalue weighted by atomic mass is 79.9. The summed E-state index contributed by atoms with van der Waals surface area (Å²) in [7, 11) is 1.55. The molecule has 0 aliphatic carbocycles. The largest absolute Gasteiger partial charge is 0.497 e. The van der Waals surface area contributed by atoms with Gasteiger partial charge in [0.05, 0.1) is 19.2 Å². The molecule has 2 N–H and O–H groups in total. The van der Waals surface area contributed by atoms with E-state index in [1.807, 2.05) is 30.3 Å². The maximum absolute atomic E-state index is 12.5. The van der Waals surface area contributed by atoms with Gasteiger partial charge in [-0.1, -0.05) is 18.2 Å². The summed E-state index contributed by atoms with van der Waals surface area (Å²) >= 11 is 4.90. The minimum atomic E-state index is -1.15. The van der Waals surface area contributed by atoms with E-state index in [1.54, 1.807) is 32.2 Å². The van der Waals surface area contributed by atoms with Crippen LogP contribution in [0, 0.1) is 0 Å². The summed E-state index contributed by atoms with van der Waals surface area (Å²) < 4.78 is 6.94. The van der Waals surface area contributed by atoms with Crippen LogP contribution < -0.4 is 10.1 Å². The van der Waals surface area contributed by atoms with Gasteiger partial charge in [-0.2, -0.15) is 0 Å². The highest BCUT2D eigenvalue weighted by Gasteiger charge is 2.26. The van der Waals surface area contributed by atoms with Gasteiger partial charge in [-0.25, -0.2) is 0 Å². The predicted octanol–water partition coefficient (Wildman–Crippen LogP) is 4.31. The third-order valence-corrected chi connectivity index (χ3v) is 6.03. The van der Waals surface area contributed by atoms with E-state index in [0.717, 1.165) is 15.0 Å². The molecule has 0 radical (unpaired) electrons. The Labute approximate surface area is 158 Å². The van der Waals surface area contributed by atoms with Gasteiger partial charge in [-0.3, -0.25) is 4.79 Å². The topological polar surface area (TPSA) is 58.6 Å². The number of hydrogen-bond donors (Lipinski definition) is 2. The lowest BCUT2D eigenvalue weighted by Gasteiger charge is -2.22. The molecule has 1 unspecified atom stereocenters. The van der Waals surface area contributed by atoms with Crippen LogP contribution in [0.1, 0.15) is 22.2 Å². The average molecular weight is 420 g/mol. The SMILES string of the molecule is COc1ccc(Br)c(C(=O)NCC(C)(O)c2cc3ccccc3s2)c1. The zero-order valence-electron chi connectivity index (χ0n) is 13.9. The number of hydrogen-bond acceptors (Lipinski definition) is 4. The second kappa shape index (κ2) is 7.15. The highest BCUT2D eigenvalue weighted by molar-refractivity contribution is 9.10. The van der Waals surface area contributed by atoms with Crippen molar-refractivity contribution in [3.8, 4) is 5.75 Å². The summed E-state index contributed by atoms with van der Waals surface area (Å²) in [4.78, 5) is 13.3. The van der Waals surface area contributed by atoms with Crippen molar-refractivity contribution in [1.29, 1.82) is 0 Å². The average Bonchev–Trinajstić information content (AvgIpc) is 3.05. The van der Waals surface area contributed by atoms with Gasteiger partial charge in [0.2, 0.25) is 0 Å². The smallest absolute Gasteiger partial charge is 0.252 e. The normalized spacial score (nSPS) is 13.4. The molecule has 6 heteroatoms. The maximum Gasteiger partial charge on any atom is 0.252 e. The summed E-state index contributed by atoms with van der Waals surface area (Å²) in [5, 5.41) is 14.7. The summed E-state index contributed by atoms with van der Waals surface area (Å²) in [5.41, 5.74) is -0.684. The molecule has 3 aromatic rings. The Kier molecular flexibility index (Phi) is 5.13. The fraction of sp³-hybridized carbons (Fsp3) is 0.211. The van der Waals surface area contributed by atoms with Crippen molar-refractivity contribution in [3.63, 3.8) is 0 Å². The van der Waals surface area contributed by atoms with Crippen LogP contribution >= 0.6 is 27.3 Å². The van der Waals surface area contributed by atoms with Crippen LogP contribution in [-0.4, -0.2) is 24.7 Å². The number of fused-ring (bicyclic) bond motifs is 1. The second-order valence-electron chi connectivity index (χ2n) is 5.95. The van der Waals surface area contributed by atoms with E-state index in [-0.39, 0.29) is 12.5 Å². The third-order valence-electron chi connectivity index (χ3n) is 3.97. The number of amides is 1. The number of ether oxygens (including phenoxy) is 1. The van der Waals surface area contributed by atoms with Crippen molar-refractivity contribution >= 4 is 43.3 Å². The lowest BCUT2D eigenvalue weighted by Crippen LogP contribution is -2.38. The van der Waals surface area contributed by atoms with Crippen molar-refractivity contribution in [2.75, 3.05) is 13.7 Å². The van der Waals surface area contributed by atoms with Crippen LogP contribution in [0.5, 0.6) is 5.75 Å². The summed E-state index contributed by atoms with van der Waals surface area (Å²) in [5.74, 6) is 0.330. The Morgan fingerprint density at radius 2 is 2.04 bits per heavy atom. The van der Waals surface area contributed by atoms with Gasteiger partial charge in [0.25, 0.3) is 5.91 Å². The number of aliphatic hydroxyl groups is 1. The first kappa shape index (κ1) is 17.9. The number of halogens is 1. The maximum atomic E-state index is 12.5. The van der Waals surface area contributed by atoms with Crippen LogP contribution in [0.4, 0.5) is 0 Å². The van der Waals surface area contributed by atoms with E-state index in [4.69, 9.17) is 4.74 Å². The number of nitrogens with one attached hydrogen (secondary N) is 1. The monoisotopic (exact) mass is 419 g/mol. The first-order valence-electron chi connectivity index (χ1n) is 7.74. The number of methoxy groups -OCH3 is 1. The van der Waals surface area contributed by atoms with Gasteiger partial charge in [-0.05, 0) is 58.6 Å². The molecule has 0 bridgehead atoms. The lowest BCUT2D eigenvalue weighted by atomic mass is 10.0. The zero-order chi connectivity index (χ0) is 18.0. The van der Waals surface area contributed by atoms with Crippen molar-refractivity contribution in [2.45, 2.75) is 12.5 Å². The quantitative estimate of drug-likeness (QED) is 0.647. The molecule has 1 aromatic heterocycles. The van der Waals surface area contributed by atoms with Crippen molar-refractivity contribution in [3.05, 3.63) is 63.4 Å². The van der Waals surface area contributed by atoms with Crippen LogP contribution in [0.15, 0.2) is 53.0 Å². The molecule has 130 valence electrons. The molecular weight excluding hydrogens is 402 g/mol. The predicted molar refractivity (Wildman–Crippen MR) is 104 cm³/mol. The first-order valence-corrected chi connectivity index (χ1v) is 9.35. The van der Waals surface area contributed by atoms with Crippen LogP contribution in [0.2, 0.25) is 0 Å². The second-order valence-corrected chi connectivity index (χ2v) is 7.89. The van der Waals surface area contributed by atoms with E-state index in [0.29, 0.717) is 15.8 Å². The fourth-order valence-corrected chi connectivity index (χ4v) is 4.02. The van der Waals surface area contributed by atoms with Crippen molar-refractivity contribution in [2.24, 2.45) is 0 Å². The molecule has 25 heavy (non-hydrogen) atoms. The molecule has 0 saturated heterocycles. The highest BCUT2D eigenvalue weighted by Crippen LogP contribution is 2.33. The Hall–Kier alpha value is -1.89. The fourth-order valence-electron chi connectivity index (χ4n) is 2.49. The Morgan fingerprint density at radius 1 is 1.28 bits per heavy atom. The van der Waals surface area contributed by atoms with Gasteiger partial charge in [0, 0.05) is 14.0 Å². The van der Waals surface area contributed by atoms with E-state index in [1.165, 1.54) is 11.3 Å². The van der Waals surface area contributed by atoms with Crippen molar-refractivity contribution < 1.29 is 14.6 Å². The zero-order valence-corrected chi connectivity index (χ0v) is 16.3. The summed E-state index contributed by atoms with van der Waals surface area (Å²) in [6, 6.07) is 15.1. The van der Waals surface area contributed by atoms with Gasteiger partial charge in [0.15, 0.2) is 0 Å². The summed E-state index contributed by atoms with van der Waals surface area (Å²) in [6.07, 6.45) is 0. The van der Waals surface area contributed by atoms with Gasteiger partial charge < -0.3 is 15.2 Å². The minimum Gasteiger partial charge on any atom is -0.497 e. The molecule has 4 nitrogen and oxygen atoms in total. The molecule has 0 spiro atoms. The van der Waals surface area contributed by atoms with E-state index in [9.17, 15) is 9.90 Å². The Balaban J connectivity index is 1.76. The number of thiophene rings is 1. The number of rotatable bonds is 5. The molecule has 2 aromatic carbocycles. The number of carbonyl (C=O) groups is 1. The van der Waals surface area contributed by atoms with Crippen molar-refractivity contribution in [1.82, 2.24) is 5.32 Å². The van der Waals surface area contributed by atoms with Crippen LogP contribution in [-0.2, 0) is 5.60 Å². The van der Waals surface area contributed by atoms with Gasteiger partial charge in [0.1, 0.15) is 11.4 Å². The molecule has 1 amide bonds. The van der Waals surface area contributed by atoms with E-state index >= 15 is 0 Å². The van der Waals surface area contributed by atoms with Gasteiger partial charge in [-0.15, -0.1) is 11.3 Å². The molecule has 0 aliphatic rings. The molecule has 1 heterocycles. The van der Waals surface area contributed by atoms with Gasteiger partial charge >= 0.3 is 0 Å². The first-order chi connectivity index (χ1) is 11.9. The standard InChI is InChI=1S/C19H18BrNO3S/c1-19(23,17-9-12-5-3-4-6-16(12)25-17)11-21-18(22)14-10-13(24-2)7-8-15(14)20/h3-10,23H,11H2,1-2H3,(H,21,22). The van der Waals surface area contributed by atoms with Crippen LogP contribution in [0.25, 0.3) is 10.1 Å². The lowest BCUT2D eigenvalue weighted by molar-refractivity contribution is 0.0557. The Bertz CT molecular complexity index is 887. The third kappa shape index (κ3) is 3.86. The number of benzene rings is 2. The molecular formula is C19H18BrNO3S. The Morgan fingerprint density at radius 3 is 2.76 bits per heavy atom. The van der Waals surface area contributed by atoms with E-state index < -0.39 is 5.60 Å². The molecule has 0 saturated carbocycles. The minimum absolute atomic E-state index is 0.113.